The summed E-state index contributed by atoms with van der Waals surface area (Å²) in [6.07, 6.45) is -4.29. The Labute approximate surface area is 191 Å². The van der Waals surface area contributed by atoms with Crippen molar-refractivity contribution in [1.82, 2.24) is 4.98 Å². The van der Waals surface area contributed by atoms with Gasteiger partial charge in [-0.1, -0.05) is 41.9 Å². The van der Waals surface area contributed by atoms with E-state index >= 15 is 0 Å². The van der Waals surface area contributed by atoms with Crippen molar-refractivity contribution >= 4 is 33.4 Å². The summed E-state index contributed by atoms with van der Waals surface area (Å²) in [6, 6.07) is 11.2. The molecule has 0 bridgehead atoms. The number of alkyl halides is 3. The van der Waals surface area contributed by atoms with Gasteiger partial charge in [0.25, 0.3) is 10.0 Å². The lowest BCUT2D eigenvalue weighted by Gasteiger charge is -2.25. The molecular formula is C21H15ClF4N2O4S. The van der Waals surface area contributed by atoms with Crippen molar-refractivity contribution in [2.75, 3.05) is 11.4 Å². The minimum atomic E-state index is -4.74. The molecule has 3 rings (SSSR count). The summed E-state index contributed by atoms with van der Waals surface area (Å²) in [4.78, 5) is 14.7. The molecule has 12 heteroatoms. The first-order chi connectivity index (χ1) is 15.4. The van der Waals surface area contributed by atoms with Gasteiger partial charge in [0.05, 0.1) is 34.7 Å². The summed E-state index contributed by atoms with van der Waals surface area (Å²) >= 11 is 6.00. The lowest BCUT2D eigenvalue weighted by Crippen LogP contribution is -2.32. The number of sulfonamides is 1. The smallest absolute Gasteiger partial charge is 0.417 e. The van der Waals surface area contributed by atoms with Crippen LogP contribution in [0.25, 0.3) is 0 Å². The van der Waals surface area contributed by atoms with E-state index in [1.807, 2.05) is 0 Å². The molecule has 0 unspecified atom stereocenters. The number of rotatable bonds is 6. The summed E-state index contributed by atoms with van der Waals surface area (Å²) in [6.45, 7) is -0.359. The maximum Gasteiger partial charge on any atom is 0.417 e. The summed E-state index contributed by atoms with van der Waals surface area (Å²) in [7, 11) is -3.55. The van der Waals surface area contributed by atoms with Gasteiger partial charge in [-0.05, 0) is 29.8 Å². The van der Waals surface area contributed by atoms with Crippen LogP contribution < -0.4 is 4.31 Å². The Kier molecular flexibility index (Phi) is 6.94. The predicted octanol–water partition coefficient (Wildman–Crippen LogP) is 5.08. The van der Waals surface area contributed by atoms with Gasteiger partial charge in [-0.2, -0.15) is 13.2 Å². The van der Waals surface area contributed by atoms with Gasteiger partial charge in [0.2, 0.25) is 0 Å². The standard InChI is InChI=1S/C21H15ClF4N2O4S/c1-32-20(29)16-8-7-15(10-18(16)23)33(30,31)28(12-13-5-3-2-4-6-13)19-17(22)9-14(11-27-19)21(24,25)26/h2-11H,12H2,1H3. The second-order valence-electron chi connectivity index (χ2n) is 6.66. The first-order valence-corrected chi connectivity index (χ1v) is 10.9. The number of halogens is 5. The third-order valence-corrected chi connectivity index (χ3v) is 6.50. The van der Waals surface area contributed by atoms with Crippen LogP contribution in [0.4, 0.5) is 23.4 Å². The fraction of sp³-hybridized carbons (Fsp3) is 0.143. The number of pyridine rings is 1. The van der Waals surface area contributed by atoms with Crippen LogP contribution in [0, 0.1) is 5.82 Å². The first-order valence-electron chi connectivity index (χ1n) is 9.12. The van der Waals surface area contributed by atoms with E-state index in [-0.39, 0.29) is 6.54 Å². The van der Waals surface area contributed by atoms with Gasteiger partial charge < -0.3 is 4.74 Å². The van der Waals surface area contributed by atoms with Gasteiger partial charge in [-0.15, -0.1) is 0 Å². The molecule has 1 heterocycles. The topological polar surface area (TPSA) is 76.6 Å². The highest BCUT2D eigenvalue weighted by atomic mass is 35.5. The van der Waals surface area contributed by atoms with E-state index in [1.54, 1.807) is 30.3 Å². The SMILES string of the molecule is COC(=O)c1ccc(S(=O)(=O)N(Cc2ccccc2)c2ncc(C(F)(F)F)cc2Cl)cc1F. The Balaban J connectivity index is 2.14. The number of aromatic nitrogens is 1. The monoisotopic (exact) mass is 502 g/mol. The average Bonchev–Trinajstić information content (AvgIpc) is 2.77. The van der Waals surface area contributed by atoms with Crippen LogP contribution in [-0.4, -0.2) is 26.5 Å². The highest BCUT2D eigenvalue weighted by Gasteiger charge is 2.34. The van der Waals surface area contributed by atoms with Gasteiger partial charge in [-0.3, -0.25) is 0 Å². The predicted molar refractivity (Wildman–Crippen MR) is 112 cm³/mol. The Bertz CT molecular complexity index is 1290. The molecule has 0 aliphatic heterocycles. The molecule has 0 fully saturated rings. The van der Waals surface area contributed by atoms with E-state index in [1.165, 1.54) is 0 Å². The van der Waals surface area contributed by atoms with E-state index in [9.17, 15) is 30.8 Å². The molecule has 0 aliphatic carbocycles. The van der Waals surface area contributed by atoms with Crippen molar-refractivity contribution in [3.63, 3.8) is 0 Å². The van der Waals surface area contributed by atoms with Gasteiger partial charge in [0.1, 0.15) is 5.82 Å². The van der Waals surface area contributed by atoms with Gasteiger partial charge in [0, 0.05) is 6.20 Å². The van der Waals surface area contributed by atoms with Crippen LogP contribution in [0.5, 0.6) is 0 Å². The van der Waals surface area contributed by atoms with Crippen LogP contribution in [-0.2, 0) is 27.5 Å². The number of nitrogens with zero attached hydrogens (tertiary/aromatic N) is 2. The number of esters is 1. The summed E-state index contributed by atoms with van der Waals surface area (Å²) < 4.78 is 85.4. The van der Waals surface area contributed by atoms with E-state index in [0.29, 0.717) is 28.2 Å². The minimum Gasteiger partial charge on any atom is -0.465 e. The van der Waals surface area contributed by atoms with Crippen molar-refractivity contribution in [1.29, 1.82) is 0 Å². The quantitative estimate of drug-likeness (QED) is 0.347. The summed E-state index contributed by atoms with van der Waals surface area (Å²) in [5.74, 6) is -2.65. The largest absolute Gasteiger partial charge is 0.465 e. The van der Waals surface area contributed by atoms with Crippen LogP contribution >= 0.6 is 11.6 Å². The van der Waals surface area contributed by atoms with Gasteiger partial charge in [-0.25, -0.2) is 26.9 Å². The second kappa shape index (κ2) is 9.36. The van der Waals surface area contributed by atoms with E-state index in [2.05, 4.69) is 9.72 Å². The van der Waals surface area contributed by atoms with Crippen LogP contribution in [0.1, 0.15) is 21.5 Å². The van der Waals surface area contributed by atoms with E-state index in [4.69, 9.17) is 11.6 Å². The zero-order valence-electron chi connectivity index (χ0n) is 16.8. The second-order valence-corrected chi connectivity index (χ2v) is 8.93. The lowest BCUT2D eigenvalue weighted by atomic mass is 10.2. The molecular weight excluding hydrogens is 488 g/mol. The summed E-state index contributed by atoms with van der Waals surface area (Å²) in [5, 5.41) is -0.573. The van der Waals surface area contributed by atoms with Crippen molar-refractivity contribution in [2.45, 2.75) is 17.6 Å². The Morgan fingerprint density at radius 1 is 1.12 bits per heavy atom. The fourth-order valence-electron chi connectivity index (χ4n) is 2.85. The third-order valence-electron chi connectivity index (χ3n) is 4.49. The Hall–Kier alpha value is -3.18. The van der Waals surface area contributed by atoms with E-state index < -0.39 is 54.8 Å². The number of carbonyl (C=O) groups excluding carboxylic acids is 1. The molecule has 3 aromatic rings. The zero-order chi connectivity index (χ0) is 24.4. The highest BCUT2D eigenvalue weighted by molar-refractivity contribution is 7.92. The average molecular weight is 503 g/mol. The molecule has 174 valence electrons. The molecule has 0 N–H and O–H groups in total. The molecule has 0 saturated heterocycles. The molecule has 0 spiro atoms. The third kappa shape index (κ3) is 5.25. The minimum absolute atomic E-state index is 0.359. The van der Waals surface area contributed by atoms with Crippen molar-refractivity contribution < 1.29 is 35.5 Å². The summed E-state index contributed by atoms with van der Waals surface area (Å²) in [5.41, 5.74) is -1.19. The molecule has 0 aliphatic rings. The Morgan fingerprint density at radius 3 is 2.33 bits per heavy atom. The Morgan fingerprint density at radius 2 is 1.79 bits per heavy atom. The molecule has 2 aromatic carbocycles. The molecule has 0 saturated carbocycles. The number of methoxy groups -OCH3 is 1. The van der Waals surface area contributed by atoms with Gasteiger partial charge >= 0.3 is 12.1 Å². The normalized spacial score (nSPS) is 11.8. The molecule has 33 heavy (non-hydrogen) atoms. The number of ether oxygens (including phenoxy) is 1. The zero-order valence-corrected chi connectivity index (χ0v) is 18.4. The van der Waals surface area contributed by atoms with Crippen molar-refractivity contribution in [2.24, 2.45) is 0 Å². The van der Waals surface area contributed by atoms with E-state index in [0.717, 1.165) is 19.2 Å². The maximum atomic E-state index is 14.4. The molecule has 0 amide bonds. The fourth-order valence-corrected chi connectivity index (χ4v) is 4.61. The number of benzene rings is 2. The van der Waals surface area contributed by atoms with Gasteiger partial charge in [0.15, 0.2) is 5.82 Å². The number of hydrogen-bond donors (Lipinski definition) is 0. The number of anilines is 1. The number of carbonyl (C=O) groups is 1. The van der Waals surface area contributed by atoms with Crippen LogP contribution in [0.3, 0.4) is 0 Å². The molecule has 0 atom stereocenters. The van der Waals surface area contributed by atoms with Crippen molar-refractivity contribution in [3.05, 3.63) is 88.3 Å². The first kappa shape index (κ1) is 24.5. The molecule has 1 aromatic heterocycles. The van der Waals surface area contributed by atoms with Crippen LogP contribution in [0.2, 0.25) is 5.02 Å². The molecule has 6 nitrogen and oxygen atoms in total. The maximum absolute atomic E-state index is 14.4. The lowest BCUT2D eigenvalue weighted by molar-refractivity contribution is -0.137. The van der Waals surface area contributed by atoms with Crippen LogP contribution in [0.15, 0.2) is 65.7 Å². The van der Waals surface area contributed by atoms with Crippen molar-refractivity contribution in [3.8, 4) is 0 Å². The number of hydrogen-bond acceptors (Lipinski definition) is 5. The highest BCUT2D eigenvalue weighted by Crippen LogP contribution is 2.36. The molecule has 0 radical (unpaired) electrons.